The Kier molecular flexibility index (Phi) is 3.07. The molecule has 0 aromatic rings. The van der Waals surface area contributed by atoms with E-state index in [-0.39, 0.29) is 24.3 Å². The first-order valence-corrected chi connectivity index (χ1v) is 7.97. The molecule has 90 valence electrons. The molecule has 0 aromatic heterocycles. The van der Waals surface area contributed by atoms with Crippen LogP contribution >= 0.6 is 6.57 Å². The first kappa shape index (κ1) is 12.0. The van der Waals surface area contributed by atoms with Gasteiger partial charge in [-0.2, -0.15) is 0 Å². The summed E-state index contributed by atoms with van der Waals surface area (Å²) in [5, 5.41) is 0. The molecule has 2 aliphatic rings. The Balaban J connectivity index is 2.41. The van der Waals surface area contributed by atoms with Crippen molar-refractivity contribution in [1.82, 2.24) is 9.34 Å². The molecule has 0 N–H and O–H groups in total. The number of carbonyl (C=O) groups excluding carboxylic acids is 2. The van der Waals surface area contributed by atoms with Crippen LogP contribution in [0.15, 0.2) is 0 Å². The highest BCUT2D eigenvalue weighted by atomic mass is 32.5. The molecule has 2 rings (SSSR count). The molecule has 0 spiro atoms. The van der Waals surface area contributed by atoms with E-state index in [1.165, 1.54) is 0 Å². The van der Waals surface area contributed by atoms with Crippen LogP contribution in [-0.2, 0) is 25.9 Å². The van der Waals surface area contributed by atoms with Crippen LogP contribution < -0.4 is 0 Å². The second-order valence-corrected chi connectivity index (χ2v) is 7.78. The van der Waals surface area contributed by atoms with E-state index in [9.17, 15) is 9.59 Å². The maximum atomic E-state index is 11.9. The number of nitrogens with zero attached hydrogens (tertiary/aromatic N) is 2. The van der Waals surface area contributed by atoms with Gasteiger partial charge in [0.15, 0.2) is 0 Å². The zero-order valence-electron chi connectivity index (χ0n) is 9.38. The summed E-state index contributed by atoms with van der Waals surface area (Å²) < 4.78 is 8.82. The standard InChI is InChI=1S/C9H15N2O3PS/c1-7(2)11-9(13)6-8(12)10-4-3-5-14-15(10,11)16/h7H,3-6H2,1-2H3. The van der Waals surface area contributed by atoms with Gasteiger partial charge in [0.1, 0.15) is 6.42 Å². The first-order chi connectivity index (χ1) is 7.47. The molecule has 2 aliphatic heterocycles. The van der Waals surface area contributed by atoms with Crippen molar-refractivity contribution in [2.75, 3.05) is 13.2 Å². The first-order valence-electron chi connectivity index (χ1n) is 5.35. The Morgan fingerprint density at radius 3 is 2.69 bits per heavy atom. The number of rotatable bonds is 1. The van der Waals surface area contributed by atoms with Gasteiger partial charge in [0.25, 0.3) is 6.57 Å². The summed E-state index contributed by atoms with van der Waals surface area (Å²) in [5.41, 5.74) is 0. The van der Waals surface area contributed by atoms with Crippen molar-refractivity contribution in [3.05, 3.63) is 0 Å². The molecule has 5 nitrogen and oxygen atoms in total. The third-order valence-electron chi connectivity index (χ3n) is 2.69. The molecule has 2 fully saturated rings. The lowest BCUT2D eigenvalue weighted by molar-refractivity contribution is -0.140. The highest BCUT2D eigenvalue weighted by Gasteiger charge is 2.47. The van der Waals surface area contributed by atoms with Crippen LogP contribution in [-0.4, -0.2) is 40.3 Å². The fraction of sp³-hybridized carbons (Fsp3) is 0.778. The van der Waals surface area contributed by atoms with Crippen molar-refractivity contribution >= 4 is 30.2 Å². The summed E-state index contributed by atoms with van der Waals surface area (Å²) in [5.74, 6) is -0.369. The van der Waals surface area contributed by atoms with E-state index in [2.05, 4.69) is 0 Å². The average molecular weight is 262 g/mol. The van der Waals surface area contributed by atoms with Crippen LogP contribution in [0.5, 0.6) is 0 Å². The predicted molar refractivity (Wildman–Crippen MR) is 63.2 cm³/mol. The van der Waals surface area contributed by atoms with Crippen LogP contribution in [0.2, 0.25) is 0 Å². The highest BCUT2D eigenvalue weighted by molar-refractivity contribution is 8.10. The van der Waals surface area contributed by atoms with E-state index < -0.39 is 6.57 Å². The van der Waals surface area contributed by atoms with Gasteiger partial charge in [0.05, 0.1) is 6.61 Å². The molecular weight excluding hydrogens is 247 g/mol. The molecule has 0 saturated carbocycles. The topological polar surface area (TPSA) is 49.9 Å². The monoisotopic (exact) mass is 262 g/mol. The predicted octanol–water partition coefficient (Wildman–Crippen LogP) is 1.10. The number of carbonyl (C=O) groups is 2. The Labute approximate surface area is 99.9 Å². The lowest BCUT2D eigenvalue weighted by Crippen LogP contribution is -2.51. The van der Waals surface area contributed by atoms with Gasteiger partial charge >= 0.3 is 0 Å². The van der Waals surface area contributed by atoms with Crippen molar-refractivity contribution in [3.8, 4) is 0 Å². The van der Waals surface area contributed by atoms with Crippen molar-refractivity contribution in [2.24, 2.45) is 0 Å². The fourth-order valence-corrected chi connectivity index (χ4v) is 6.19. The lowest BCUT2D eigenvalue weighted by Gasteiger charge is -2.48. The van der Waals surface area contributed by atoms with E-state index in [1.54, 1.807) is 9.34 Å². The molecule has 0 aromatic carbocycles. The minimum absolute atomic E-state index is 0.0213. The Bertz CT molecular complexity index is 385. The van der Waals surface area contributed by atoms with Gasteiger partial charge in [0, 0.05) is 12.6 Å². The fourth-order valence-electron chi connectivity index (χ4n) is 2.06. The summed E-state index contributed by atoms with van der Waals surface area (Å²) in [4.78, 5) is 23.6. The lowest BCUT2D eigenvalue weighted by atomic mass is 10.3. The van der Waals surface area contributed by atoms with Gasteiger partial charge in [0.2, 0.25) is 11.8 Å². The Morgan fingerprint density at radius 2 is 2.06 bits per heavy atom. The maximum absolute atomic E-state index is 11.9. The van der Waals surface area contributed by atoms with Crippen molar-refractivity contribution in [2.45, 2.75) is 32.7 Å². The molecule has 1 unspecified atom stereocenters. The van der Waals surface area contributed by atoms with Crippen LogP contribution in [0.4, 0.5) is 0 Å². The molecule has 7 heteroatoms. The molecule has 0 bridgehead atoms. The Hall–Kier alpha value is -0.450. The van der Waals surface area contributed by atoms with Crippen molar-refractivity contribution < 1.29 is 14.1 Å². The maximum Gasteiger partial charge on any atom is 0.258 e. The summed E-state index contributed by atoms with van der Waals surface area (Å²) in [6.07, 6.45) is 0.726. The van der Waals surface area contributed by atoms with Crippen LogP contribution in [0.1, 0.15) is 26.7 Å². The van der Waals surface area contributed by atoms with Crippen LogP contribution in [0.25, 0.3) is 0 Å². The average Bonchev–Trinajstić information content (AvgIpc) is 2.15. The Morgan fingerprint density at radius 1 is 1.38 bits per heavy atom. The van der Waals surface area contributed by atoms with E-state index in [0.717, 1.165) is 6.42 Å². The summed E-state index contributed by atoms with van der Waals surface area (Å²) >= 11 is 5.48. The summed E-state index contributed by atoms with van der Waals surface area (Å²) in [6, 6.07) is -0.0213. The largest absolute Gasteiger partial charge is 0.318 e. The zero-order valence-corrected chi connectivity index (χ0v) is 11.1. The third-order valence-corrected chi connectivity index (χ3v) is 6.90. The van der Waals surface area contributed by atoms with E-state index in [1.807, 2.05) is 13.8 Å². The van der Waals surface area contributed by atoms with E-state index in [4.69, 9.17) is 16.3 Å². The third kappa shape index (κ3) is 1.69. The smallest absolute Gasteiger partial charge is 0.258 e. The van der Waals surface area contributed by atoms with Crippen molar-refractivity contribution in [1.29, 1.82) is 0 Å². The molecule has 2 saturated heterocycles. The molecule has 2 amide bonds. The van der Waals surface area contributed by atoms with Gasteiger partial charge in [-0.05, 0) is 32.1 Å². The number of fused-ring (bicyclic) bond motifs is 1. The molecule has 1 atom stereocenters. The van der Waals surface area contributed by atoms with E-state index in [0.29, 0.717) is 13.2 Å². The quantitative estimate of drug-likeness (QED) is 0.524. The molecule has 16 heavy (non-hydrogen) atoms. The summed E-state index contributed by atoms with van der Waals surface area (Å²) in [6.45, 7) is 2.36. The molecule has 0 radical (unpaired) electrons. The molecule has 0 aliphatic carbocycles. The second-order valence-electron chi connectivity index (χ2n) is 4.20. The second kappa shape index (κ2) is 4.09. The van der Waals surface area contributed by atoms with Crippen LogP contribution in [0, 0.1) is 0 Å². The molecule has 2 heterocycles. The highest BCUT2D eigenvalue weighted by Crippen LogP contribution is 2.60. The van der Waals surface area contributed by atoms with Gasteiger partial charge in [-0.3, -0.25) is 18.9 Å². The SMILES string of the molecule is CC(C)N1C(=O)CC(=O)N2CCCOP21=S. The minimum Gasteiger partial charge on any atom is -0.318 e. The summed E-state index contributed by atoms with van der Waals surface area (Å²) in [7, 11) is 0. The number of hydrogen-bond acceptors (Lipinski definition) is 4. The van der Waals surface area contributed by atoms with Gasteiger partial charge < -0.3 is 4.52 Å². The molecular formula is C9H15N2O3PS. The number of amides is 2. The minimum atomic E-state index is -2.60. The van der Waals surface area contributed by atoms with Gasteiger partial charge in [-0.1, -0.05) is 0 Å². The zero-order chi connectivity index (χ0) is 11.9. The van der Waals surface area contributed by atoms with Gasteiger partial charge in [-0.25, -0.2) is 0 Å². The number of hydrogen-bond donors (Lipinski definition) is 0. The van der Waals surface area contributed by atoms with Crippen molar-refractivity contribution in [3.63, 3.8) is 0 Å². The van der Waals surface area contributed by atoms with Gasteiger partial charge in [-0.15, -0.1) is 0 Å². The van der Waals surface area contributed by atoms with E-state index >= 15 is 0 Å². The normalized spacial score (nSPS) is 30.9. The van der Waals surface area contributed by atoms with Crippen LogP contribution in [0.3, 0.4) is 0 Å².